The van der Waals surface area contributed by atoms with Gasteiger partial charge in [0.1, 0.15) is 13.2 Å². The molecule has 2 unspecified atom stereocenters. The van der Waals surface area contributed by atoms with Crippen LogP contribution in [0.25, 0.3) is 0 Å². The topological polar surface area (TPSA) is 65.1 Å². The fourth-order valence-corrected chi connectivity index (χ4v) is 5.15. The predicted molar refractivity (Wildman–Crippen MR) is 74.1 cm³/mol. The van der Waals surface area contributed by atoms with E-state index in [0.29, 0.717) is 37.9 Å². The monoisotopic (exact) mass is 311 g/mol. The Morgan fingerprint density at radius 1 is 1.00 bits per heavy atom. The molecular formula is C14H17NO5S. The zero-order chi connectivity index (χ0) is 14.4. The lowest BCUT2D eigenvalue weighted by molar-refractivity contribution is 0.0269. The maximum atomic E-state index is 12.9. The Kier molecular flexibility index (Phi) is 3.09. The van der Waals surface area contributed by atoms with E-state index in [4.69, 9.17) is 14.2 Å². The van der Waals surface area contributed by atoms with Crippen LogP contribution < -0.4 is 9.47 Å². The average molecular weight is 311 g/mol. The van der Waals surface area contributed by atoms with Crippen molar-refractivity contribution in [1.29, 1.82) is 0 Å². The van der Waals surface area contributed by atoms with Gasteiger partial charge < -0.3 is 14.2 Å². The molecule has 0 N–H and O–H groups in total. The summed E-state index contributed by atoms with van der Waals surface area (Å²) in [7, 11) is -3.51. The Labute approximate surface area is 123 Å². The molecule has 2 atom stereocenters. The molecule has 3 heterocycles. The van der Waals surface area contributed by atoms with Crippen molar-refractivity contribution in [2.75, 3.05) is 26.4 Å². The fourth-order valence-electron chi connectivity index (χ4n) is 3.29. The molecule has 0 amide bonds. The zero-order valence-electron chi connectivity index (χ0n) is 11.5. The smallest absolute Gasteiger partial charge is 0.243 e. The third kappa shape index (κ3) is 2.11. The van der Waals surface area contributed by atoms with E-state index >= 15 is 0 Å². The summed E-state index contributed by atoms with van der Waals surface area (Å²) in [5, 5.41) is 0. The highest BCUT2D eigenvalue weighted by molar-refractivity contribution is 7.89. The van der Waals surface area contributed by atoms with E-state index in [-0.39, 0.29) is 17.0 Å². The molecule has 0 saturated carbocycles. The van der Waals surface area contributed by atoms with E-state index in [2.05, 4.69) is 0 Å². The molecule has 2 saturated heterocycles. The predicted octanol–water partition coefficient (Wildman–Crippen LogP) is 1.01. The molecule has 0 spiro atoms. The molecule has 4 rings (SSSR count). The van der Waals surface area contributed by atoms with Gasteiger partial charge in [-0.3, -0.25) is 0 Å². The van der Waals surface area contributed by atoms with Gasteiger partial charge in [0.2, 0.25) is 10.0 Å². The molecule has 3 aliphatic rings. The number of hydrogen-bond donors (Lipinski definition) is 0. The van der Waals surface area contributed by atoms with Gasteiger partial charge in [-0.15, -0.1) is 0 Å². The summed E-state index contributed by atoms with van der Waals surface area (Å²) in [6, 6.07) is 4.75. The molecule has 2 fully saturated rings. The van der Waals surface area contributed by atoms with Gasteiger partial charge >= 0.3 is 0 Å². The first-order valence-corrected chi connectivity index (χ1v) is 8.61. The second-order valence-corrected chi connectivity index (χ2v) is 7.41. The van der Waals surface area contributed by atoms with Crippen molar-refractivity contribution in [3.63, 3.8) is 0 Å². The van der Waals surface area contributed by atoms with Crippen LogP contribution in [0.4, 0.5) is 0 Å². The molecule has 1 aromatic carbocycles. The van der Waals surface area contributed by atoms with Crippen molar-refractivity contribution in [2.24, 2.45) is 0 Å². The van der Waals surface area contributed by atoms with Gasteiger partial charge in [-0.2, -0.15) is 4.31 Å². The minimum Gasteiger partial charge on any atom is -0.486 e. The normalized spacial score (nSPS) is 28.6. The Bertz CT molecular complexity index is 643. The van der Waals surface area contributed by atoms with Crippen molar-refractivity contribution in [2.45, 2.75) is 29.8 Å². The largest absolute Gasteiger partial charge is 0.486 e. The zero-order valence-corrected chi connectivity index (χ0v) is 12.3. The third-order valence-corrected chi connectivity index (χ3v) is 6.26. The summed E-state index contributed by atoms with van der Waals surface area (Å²) in [4.78, 5) is 0.269. The minimum atomic E-state index is -3.51. The van der Waals surface area contributed by atoms with Crippen molar-refractivity contribution < 1.29 is 22.6 Å². The van der Waals surface area contributed by atoms with Crippen LogP contribution in [0.2, 0.25) is 0 Å². The molecule has 0 aromatic heterocycles. The molecule has 7 heteroatoms. The SMILES string of the molecule is O=S(=O)(c1ccc2c(c1)OCCO2)N1C2CCC1COC2. The number of hydrogen-bond acceptors (Lipinski definition) is 5. The van der Waals surface area contributed by atoms with Crippen molar-refractivity contribution in [3.8, 4) is 11.5 Å². The van der Waals surface area contributed by atoms with Crippen LogP contribution in [0, 0.1) is 0 Å². The van der Waals surface area contributed by atoms with Gasteiger partial charge in [-0.05, 0) is 25.0 Å². The summed E-state index contributed by atoms with van der Waals surface area (Å²) < 4.78 is 43.8. The van der Waals surface area contributed by atoms with Crippen LogP contribution in [0.3, 0.4) is 0 Å². The number of morpholine rings is 1. The third-order valence-electron chi connectivity index (χ3n) is 4.26. The van der Waals surface area contributed by atoms with Gasteiger partial charge in [-0.25, -0.2) is 8.42 Å². The lowest BCUT2D eigenvalue weighted by Crippen LogP contribution is -2.48. The molecule has 6 nitrogen and oxygen atoms in total. The first-order chi connectivity index (χ1) is 10.2. The first-order valence-electron chi connectivity index (χ1n) is 7.17. The van der Waals surface area contributed by atoms with Crippen molar-refractivity contribution in [1.82, 2.24) is 4.31 Å². The number of benzene rings is 1. The molecule has 21 heavy (non-hydrogen) atoms. The summed E-state index contributed by atoms with van der Waals surface area (Å²) in [6.07, 6.45) is 1.74. The highest BCUT2D eigenvalue weighted by atomic mass is 32.2. The molecule has 114 valence electrons. The summed E-state index contributed by atoms with van der Waals surface area (Å²) in [6.45, 7) is 1.91. The van der Waals surface area contributed by atoms with Crippen molar-refractivity contribution >= 4 is 10.0 Å². The Hall–Kier alpha value is -1.31. The summed E-state index contributed by atoms with van der Waals surface area (Å²) in [5.41, 5.74) is 0. The highest BCUT2D eigenvalue weighted by Crippen LogP contribution is 2.37. The Balaban J connectivity index is 1.71. The van der Waals surface area contributed by atoms with Gasteiger partial charge in [0.15, 0.2) is 11.5 Å². The van der Waals surface area contributed by atoms with Crippen LogP contribution >= 0.6 is 0 Å². The average Bonchev–Trinajstić information content (AvgIpc) is 2.78. The fraction of sp³-hybridized carbons (Fsp3) is 0.571. The Morgan fingerprint density at radius 3 is 2.38 bits per heavy atom. The summed E-state index contributed by atoms with van der Waals surface area (Å²) in [5.74, 6) is 1.10. The maximum Gasteiger partial charge on any atom is 0.243 e. The maximum absolute atomic E-state index is 12.9. The molecule has 0 aliphatic carbocycles. The number of nitrogens with zero attached hydrogens (tertiary/aromatic N) is 1. The van der Waals surface area contributed by atoms with Crippen molar-refractivity contribution in [3.05, 3.63) is 18.2 Å². The Morgan fingerprint density at radius 2 is 1.67 bits per heavy atom. The number of rotatable bonds is 2. The van der Waals surface area contributed by atoms with E-state index < -0.39 is 10.0 Å². The molecule has 2 bridgehead atoms. The lowest BCUT2D eigenvalue weighted by Gasteiger charge is -2.33. The first kappa shape index (κ1) is 13.4. The van der Waals surface area contributed by atoms with Gasteiger partial charge in [-0.1, -0.05) is 0 Å². The lowest BCUT2D eigenvalue weighted by atomic mass is 10.2. The quantitative estimate of drug-likeness (QED) is 0.815. The molecule has 3 aliphatic heterocycles. The van der Waals surface area contributed by atoms with E-state index in [1.165, 1.54) is 0 Å². The van der Waals surface area contributed by atoms with Gasteiger partial charge in [0, 0.05) is 18.2 Å². The van der Waals surface area contributed by atoms with Crippen LogP contribution in [-0.4, -0.2) is 51.2 Å². The number of sulfonamides is 1. The highest BCUT2D eigenvalue weighted by Gasteiger charge is 2.45. The standard InChI is InChI=1S/C14H17NO5S/c16-21(17,15-10-1-2-11(15)9-18-8-10)12-3-4-13-14(7-12)20-6-5-19-13/h3-4,7,10-11H,1-2,5-6,8-9H2. The molecule has 0 radical (unpaired) electrons. The van der Waals surface area contributed by atoms with E-state index in [9.17, 15) is 8.42 Å². The molecular weight excluding hydrogens is 294 g/mol. The van der Waals surface area contributed by atoms with Crippen LogP contribution in [0.5, 0.6) is 11.5 Å². The summed E-state index contributed by atoms with van der Waals surface area (Å²) >= 11 is 0. The second kappa shape index (κ2) is 4.86. The minimum absolute atomic E-state index is 0.0399. The number of fused-ring (bicyclic) bond motifs is 3. The second-order valence-electron chi connectivity index (χ2n) is 5.56. The van der Waals surface area contributed by atoms with E-state index in [1.807, 2.05) is 0 Å². The number of ether oxygens (including phenoxy) is 3. The van der Waals surface area contributed by atoms with Gasteiger partial charge in [0.05, 0.1) is 18.1 Å². The molecule has 1 aromatic rings. The van der Waals surface area contributed by atoms with Crippen LogP contribution in [0.15, 0.2) is 23.1 Å². The van der Waals surface area contributed by atoms with Crippen LogP contribution in [0.1, 0.15) is 12.8 Å². The van der Waals surface area contributed by atoms with E-state index in [0.717, 1.165) is 12.8 Å². The van der Waals surface area contributed by atoms with Gasteiger partial charge in [0.25, 0.3) is 0 Å². The van der Waals surface area contributed by atoms with Crippen LogP contribution in [-0.2, 0) is 14.8 Å². The van der Waals surface area contributed by atoms with E-state index in [1.54, 1.807) is 22.5 Å².